The van der Waals surface area contributed by atoms with Gasteiger partial charge < -0.3 is 8.93 Å². The Labute approximate surface area is 74.3 Å². The lowest BCUT2D eigenvalue weighted by atomic mass is 10.1. The molecule has 0 fully saturated rings. The molecule has 1 N–H and O–H groups in total. The van der Waals surface area contributed by atoms with Crippen molar-refractivity contribution in [3.8, 4) is 11.5 Å². The number of phenolic OH excluding ortho intramolecular Hbond substituents is 1. The lowest BCUT2D eigenvalue weighted by Crippen LogP contribution is -1.85. The molecule has 0 atom stereocenters. The quantitative estimate of drug-likeness (QED) is 0.783. The molecule has 60 valence electrons. The molecule has 0 aliphatic rings. The SMILES string of the molecule is Cc1c(O)ccc(OBr)c1C. The minimum atomic E-state index is 0.302. The van der Waals surface area contributed by atoms with Crippen molar-refractivity contribution in [3.05, 3.63) is 23.3 Å². The zero-order valence-electron chi connectivity index (χ0n) is 6.39. The Morgan fingerprint density at radius 3 is 2.45 bits per heavy atom. The lowest BCUT2D eigenvalue weighted by molar-refractivity contribution is 0.469. The number of aromatic hydroxyl groups is 1. The van der Waals surface area contributed by atoms with Crippen molar-refractivity contribution in [2.24, 2.45) is 0 Å². The van der Waals surface area contributed by atoms with Crippen LogP contribution >= 0.6 is 16.3 Å². The highest BCUT2D eigenvalue weighted by molar-refractivity contribution is 9.06. The van der Waals surface area contributed by atoms with E-state index in [1.165, 1.54) is 0 Å². The Kier molecular flexibility index (Phi) is 2.39. The molecule has 1 rings (SSSR count). The molecule has 11 heavy (non-hydrogen) atoms. The molecule has 0 aliphatic carbocycles. The highest BCUT2D eigenvalue weighted by atomic mass is 79.9. The van der Waals surface area contributed by atoms with Crippen LogP contribution in [0.15, 0.2) is 12.1 Å². The molecule has 0 saturated carbocycles. The van der Waals surface area contributed by atoms with E-state index in [9.17, 15) is 5.11 Å². The zero-order valence-corrected chi connectivity index (χ0v) is 7.97. The Balaban J connectivity index is 3.25. The molecule has 0 radical (unpaired) electrons. The number of halogens is 1. The first-order valence-electron chi connectivity index (χ1n) is 3.24. The van der Waals surface area contributed by atoms with Crippen LogP contribution in [0.25, 0.3) is 0 Å². The van der Waals surface area contributed by atoms with Crippen LogP contribution in [0.4, 0.5) is 0 Å². The van der Waals surface area contributed by atoms with Crippen LogP contribution in [-0.2, 0) is 0 Å². The molecule has 1 aromatic rings. The Morgan fingerprint density at radius 2 is 1.91 bits per heavy atom. The van der Waals surface area contributed by atoms with Gasteiger partial charge in [-0.15, -0.1) is 0 Å². The molecule has 2 nitrogen and oxygen atoms in total. The molecular formula is C8H9BrO2. The van der Waals surface area contributed by atoms with Gasteiger partial charge in [0.2, 0.25) is 0 Å². The fourth-order valence-electron chi connectivity index (χ4n) is 0.865. The summed E-state index contributed by atoms with van der Waals surface area (Å²) in [6.45, 7) is 3.74. The monoisotopic (exact) mass is 216 g/mol. The van der Waals surface area contributed by atoms with Crippen molar-refractivity contribution >= 4 is 16.3 Å². The zero-order chi connectivity index (χ0) is 8.43. The van der Waals surface area contributed by atoms with Gasteiger partial charge in [0.05, 0.1) is 0 Å². The van der Waals surface area contributed by atoms with Gasteiger partial charge in [0, 0.05) is 0 Å². The standard InChI is InChI=1S/C8H9BrO2/c1-5-6(2)8(11-9)4-3-7(5)10/h3-4,10H,1-2H3. The second-order valence-corrected chi connectivity index (χ2v) is 2.73. The van der Waals surface area contributed by atoms with Gasteiger partial charge in [-0.1, -0.05) is 0 Å². The molecule has 0 spiro atoms. The maximum absolute atomic E-state index is 9.25. The van der Waals surface area contributed by atoms with Crippen LogP contribution in [0.5, 0.6) is 11.5 Å². The van der Waals surface area contributed by atoms with Gasteiger partial charge in [0.15, 0.2) is 16.3 Å². The van der Waals surface area contributed by atoms with Gasteiger partial charge in [-0.05, 0) is 37.1 Å². The van der Waals surface area contributed by atoms with Crippen LogP contribution in [0.2, 0.25) is 0 Å². The van der Waals surface area contributed by atoms with Crippen LogP contribution in [-0.4, -0.2) is 5.11 Å². The normalized spacial score (nSPS) is 9.73. The summed E-state index contributed by atoms with van der Waals surface area (Å²) in [5.74, 6) is 1.04. The van der Waals surface area contributed by atoms with Crippen molar-refractivity contribution in [1.82, 2.24) is 0 Å². The molecule has 0 unspecified atom stereocenters. The fourth-order valence-corrected chi connectivity index (χ4v) is 1.22. The molecule has 1 aromatic carbocycles. The van der Waals surface area contributed by atoms with Crippen molar-refractivity contribution in [1.29, 1.82) is 0 Å². The summed E-state index contributed by atoms with van der Waals surface area (Å²) in [6, 6.07) is 3.32. The topological polar surface area (TPSA) is 29.5 Å². The molecule has 0 saturated heterocycles. The van der Waals surface area contributed by atoms with Gasteiger partial charge in [-0.3, -0.25) is 0 Å². The minimum absolute atomic E-state index is 0.302. The average Bonchev–Trinajstić information content (AvgIpc) is 2.01. The lowest BCUT2D eigenvalue weighted by Gasteiger charge is -2.06. The predicted molar refractivity (Wildman–Crippen MR) is 47.1 cm³/mol. The van der Waals surface area contributed by atoms with Gasteiger partial charge in [-0.2, -0.15) is 0 Å². The van der Waals surface area contributed by atoms with Gasteiger partial charge in [-0.25, -0.2) is 0 Å². The minimum Gasteiger partial charge on any atom is -0.508 e. The van der Waals surface area contributed by atoms with E-state index in [2.05, 4.69) is 16.3 Å². The number of hydrogen-bond acceptors (Lipinski definition) is 2. The van der Waals surface area contributed by atoms with E-state index >= 15 is 0 Å². The van der Waals surface area contributed by atoms with E-state index in [4.69, 9.17) is 3.83 Å². The number of rotatable bonds is 1. The fraction of sp³-hybridized carbons (Fsp3) is 0.250. The van der Waals surface area contributed by atoms with Crippen LogP contribution in [0.1, 0.15) is 11.1 Å². The maximum Gasteiger partial charge on any atom is 0.179 e. The summed E-state index contributed by atoms with van der Waals surface area (Å²) in [5.41, 5.74) is 1.80. The third-order valence-electron chi connectivity index (χ3n) is 1.79. The Morgan fingerprint density at radius 1 is 1.27 bits per heavy atom. The van der Waals surface area contributed by atoms with E-state index in [0.29, 0.717) is 5.75 Å². The largest absolute Gasteiger partial charge is 0.508 e. The molecule has 0 amide bonds. The van der Waals surface area contributed by atoms with Crippen LogP contribution < -0.4 is 3.83 Å². The average molecular weight is 217 g/mol. The van der Waals surface area contributed by atoms with Crippen LogP contribution in [0.3, 0.4) is 0 Å². The van der Waals surface area contributed by atoms with Gasteiger partial charge in [0.25, 0.3) is 0 Å². The number of hydrogen-bond donors (Lipinski definition) is 1. The summed E-state index contributed by atoms with van der Waals surface area (Å²) in [7, 11) is 0. The summed E-state index contributed by atoms with van der Waals surface area (Å²) in [5, 5.41) is 9.25. The second-order valence-electron chi connectivity index (χ2n) is 2.41. The molecule has 3 heteroatoms. The first kappa shape index (κ1) is 8.40. The molecule has 0 aromatic heterocycles. The molecule has 0 aliphatic heterocycles. The highest BCUT2D eigenvalue weighted by Crippen LogP contribution is 2.28. The first-order chi connectivity index (χ1) is 5.16. The van der Waals surface area contributed by atoms with Crippen molar-refractivity contribution in [3.63, 3.8) is 0 Å². The third-order valence-corrected chi connectivity index (χ3v) is 2.14. The maximum atomic E-state index is 9.25. The van der Waals surface area contributed by atoms with E-state index in [0.717, 1.165) is 16.9 Å². The summed E-state index contributed by atoms with van der Waals surface area (Å²) in [6.07, 6.45) is 0. The van der Waals surface area contributed by atoms with Crippen molar-refractivity contribution in [2.45, 2.75) is 13.8 Å². The van der Waals surface area contributed by atoms with Crippen molar-refractivity contribution in [2.75, 3.05) is 0 Å². The smallest absolute Gasteiger partial charge is 0.179 e. The molecule has 0 bridgehead atoms. The van der Waals surface area contributed by atoms with Crippen LogP contribution in [0, 0.1) is 13.8 Å². The van der Waals surface area contributed by atoms with E-state index in [-0.39, 0.29) is 0 Å². The van der Waals surface area contributed by atoms with E-state index in [1.807, 2.05) is 13.8 Å². The number of phenols is 1. The molecule has 0 heterocycles. The summed E-state index contributed by atoms with van der Waals surface area (Å²) >= 11 is 2.89. The summed E-state index contributed by atoms with van der Waals surface area (Å²) in [4.78, 5) is 0. The predicted octanol–water partition coefficient (Wildman–Crippen LogP) is 2.70. The Hall–Kier alpha value is -0.700. The Bertz CT molecular complexity index is 271. The van der Waals surface area contributed by atoms with Crippen molar-refractivity contribution < 1.29 is 8.93 Å². The van der Waals surface area contributed by atoms with Gasteiger partial charge in [0.1, 0.15) is 11.5 Å². The third kappa shape index (κ3) is 1.48. The summed E-state index contributed by atoms with van der Waals surface area (Å²) < 4.78 is 4.88. The second kappa shape index (κ2) is 3.13. The molecular weight excluding hydrogens is 208 g/mol. The highest BCUT2D eigenvalue weighted by Gasteiger charge is 2.04. The van der Waals surface area contributed by atoms with E-state index in [1.54, 1.807) is 12.1 Å². The number of benzene rings is 1. The van der Waals surface area contributed by atoms with E-state index < -0.39 is 0 Å². The van der Waals surface area contributed by atoms with Gasteiger partial charge >= 0.3 is 0 Å². The first-order valence-corrected chi connectivity index (χ1v) is 3.89.